The summed E-state index contributed by atoms with van der Waals surface area (Å²) in [5.74, 6) is 1.42. The molecule has 2 amide bonds. The summed E-state index contributed by atoms with van der Waals surface area (Å²) in [6, 6.07) is 4.86. The van der Waals surface area contributed by atoms with Crippen LogP contribution in [0.15, 0.2) is 30.6 Å². The van der Waals surface area contributed by atoms with Gasteiger partial charge in [0.25, 0.3) is 0 Å². The normalized spacial score (nSPS) is 27.7. The van der Waals surface area contributed by atoms with Gasteiger partial charge in [0.2, 0.25) is 5.91 Å². The van der Waals surface area contributed by atoms with Crippen molar-refractivity contribution >= 4 is 23.3 Å². The van der Waals surface area contributed by atoms with E-state index in [2.05, 4.69) is 20.2 Å². The minimum Gasteiger partial charge on any atom is -0.367 e. The number of nitrogens with one attached hydrogen (secondary N) is 1. The highest BCUT2D eigenvalue weighted by Gasteiger charge is 2.52. The number of aromatic nitrogens is 2. The second kappa shape index (κ2) is 10.1. The molecular weight excluding hydrogens is 523 g/mol. The van der Waals surface area contributed by atoms with Crippen molar-refractivity contribution in [2.75, 3.05) is 63.2 Å². The average Bonchev–Trinajstić information content (AvgIpc) is 3.28. The maximum atomic E-state index is 14.2. The first kappa shape index (κ1) is 27.1. The molecule has 5 atom stereocenters. The summed E-state index contributed by atoms with van der Waals surface area (Å²) < 4.78 is 43.9. The number of nitrogens with zero attached hydrogens (tertiary/aromatic N) is 6. The summed E-state index contributed by atoms with van der Waals surface area (Å²) in [5, 5.41) is 7.33. The number of piperidine rings is 1. The van der Waals surface area contributed by atoms with E-state index in [0.29, 0.717) is 55.0 Å². The van der Waals surface area contributed by atoms with Gasteiger partial charge in [0.1, 0.15) is 0 Å². The molecule has 12 heteroatoms. The van der Waals surface area contributed by atoms with Crippen molar-refractivity contribution in [1.29, 1.82) is 0 Å². The minimum atomic E-state index is -4.43. The third-order valence-electron chi connectivity index (χ3n) is 9.30. The van der Waals surface area contributed by atoms with Gasteiger partial charge in [-0.05, 0) is 54.8 Å². The van der Waals surface area contributed by atoms with Crippen LogP contribution in [0.4, 0.5) is 29.3 Å². The molecule has 0 bridgehead atoms. The molecule has 1 N–H and O–H groups in total. The third kappa shape index (κ3) is 4.96. The molecule has 0 radical (unpaired) electrons. The van der Waals surface area contributed by atoms with Crippen LogP contribution < -0.4 is 15.1 Å². The van der Waals surface area contributed by atoms with Crippen LogP contribution in [0.3, 0.4) is 0 Å². The molecule has 216 valence electrons. The van der Waals surface area contributed by atoms with Gasteiger partial charge in [0.15, 0.2) is 0 Å². The first-order valence-electron chi connectivity index (χ1n) is 14.0. The molecule has 2 aromatic rings. The molecule has 4 heterocycles. The van der Waals surface area contributed by atoms with Gasteiger partial charge in [0.05, 0.1) is 23.6 Å². The molecule has 1 saturated carbocycles. The van der Waals surface area contributed by atoms with Crippen LogP contribution in [0.2, 0.25) is 0 Å². The summed E-state index contributed by atoms with van der Waals surface area (Å²) in [6.07, 6.45) is -0.231. The Morgan fingerprint density at radius 3 is 2.48 bits per heavy atom. The molecule has 40 heavy (non-hydrogen) atoms. The topological polar surface area (TPSA) is 77.0 Å². The van der Waals surface area contributed by atoms with Gasteiger partial charge in [-0.15, -0.1) is 0 Å². The van der Waals surface area contributed by atoms with Crippen LogP contribution in [-0.2, 0) is 17.5 Å². The smallest absolute Gasteiger partial charge is 0.367 e. The number of alkyl halides is 3. The van der Waals surface area contributed by atoms with Gasteiger partial charge in [-0.2, -0.15) is 23.0 Å². The molecule has 9 nitrogen and oxygen atoms in total. The lowest BCUT2D eigenvalue weighted by atomic mass is 10.0. The zero-order valence-corrected chi connectivity index (χ0v) is 23.1. The number of halogens is 3. The fourth-order valence-electron chi connectivity index (χ4n) is 7.02. The standard InChI is InChI=1S/C28H36F3N7O2/c1-17(39)34(3)23-8-33-38(16-23)27(40)36-13-20-11-35(12-21(20)14-36)10-18-4-5-22(7-25(18)28(29,30)31)37-15-19-6-24(19)26(37)9-32-2/h4-5,7-8,16,19-21,24,26,32H,6,9-15H2,1-3H3/t19?,20?,21?,24?,26-/m1/s1. The Morgan fingerprint density at radius 2 is 1.82 bits per heavy atom. The van der Waals surface area contributed by atoms with Crippen molar-refractivity contribution in [3.63, 3.8) is 0 Å². The molecule has 6 rings (SSSR count). The Morgan fingerprint density at radius 1 is 1.10 bits per heavy atom. The summed E-state index contributed by atoms with van der Waals surface area (Å²) in [7, 11) is 3.51. The zero-order valence-electron chi connectivity index (χ0n) is 23.1. The maximum Gasteiger partial charge on any atom is 0.416 e. The predicted molar refractivity (Wildman–Crippen MR) is 144 cm³/mol. The number of likely N-dealkylation sites (N-methyl/N-ethyl adjacent to an activating group) is 1. The van der Waals surface area contributed by atoms with E-state index in [1.165, 1.54) is 35.2 Å². The number of benzene rings is 1. The van der Waals surface area contributed by atoms with Crippen molar-refractivity contribution in [2.24, 2.45) is 23.7 Å². The first-order valence-corrected chi connectivity index (χ1v) is 14.0. The number of anilines is 2. The Labute approximate surface area is 231 Å². The number of carbonyl (C=O) groups is 2. The van der Waals surface area contributed by atoms with E-state index in [1.807, 2.05) is 13.1 Å². The molecule has 0 spiro atoms. The molecule has 3 aliphatic heterocycles. The summed E-state index contributed by atoms with van der Waals surface area (Å²) >= 11 is 0. The Hall–Kier alpha value is -3.12. The highest BCUT2D eigenvalue weighted by Crippen LogP contribution is 2.51. The van der Waals surface area contributed by atoms with Crippen molar-refractivity contribution in [3.05, 3.63) is 41.7 Å². The van der Waals surface area contributed by atoms with Crippen molar-refractivity contribution in [3.8, 4) is 0 Å². The minimum absolute atomic E-state index is 0.156. The van der Waals surface area contributed by atoms with E-state index in [4.69, 9.17) is 0 Å². The third-order valence-corrected chi connectivity index (χ3v) is 9.30. The lowest BCUT2D eigenvalue weighted by Crippen LogP contribution is -2.40. The van der Waals surface area contributed by atoms with E-state index >= 15 is 0 Å². The van der Waals surface area contributed by atoms with Crippen molar-refractivity contribution in [2.45, 2.75) is 32.1 Å². The van der Waals surface area contributed by atoms with Gasteiger partial charge in [0, 0.05) is 71.5 Å². The molecule has 4 fully saturated rings. The predicted octanol–water partition coefficient (Wildman–Crippen LogP) is 2.96. The van der Waals surface area contributed by atoms with Gasteiger partial charge >= 0.3 is 12.2 Å². The van der Waals surface area contributed by atoms with Crippen LogP contribution in [0.1, 0.15) is 24.5 Å². The lowest BCUT2D eigenvalue weighted by Gasteiger charge is -2.31. The van der Waals surface area contributed by atoms with Crippen LogP contribution in [-0.4, -0.2) is 90.9 Å². The monoisotopic (exact) mass is 559 g/mol. The Bertz CT molecular complexity index is 1280. The molecule has 3 saturated heterocycles. The van der Waals surface area contributed by atoms with E-state index in [-0.39, 0.29) is 36.4 Å². The van der Waals surface area contributed by atoms with Gasteiger partial charge in [-0.25, -0.2) is 4.79 Å². The van der Waals surface area contributed by atoms with Crippen molar-refractivity contribution in [1.82, 2.24) is 24.9 Å². The quantitative estimate of drug-likeness (QED) is 0.587. The molecule has 1 aromatic carbocycles. The number of hydrogen-bond donors (Lipinski definition) is 1. The zero-order chi connectivity index (χ0) is 28.3. The number of hydrogen-bond acceptors (Lipinski definition) is 6. The molecule has 1 aliphatic carbocycles. The number of amides is 2. The lowest BCUT2D eigenvalue weighted by molar-refractivity contribution is -0.138. The second-order valence-electron chi connectivity index (χ2n) is 11.9. The fourth-order valence-corrected chi connectivity index (χ4v) is 7.02. The highest BCUT2D eigenvalue weighted by molar-refractivity contribution is 5.91. The summed E-state index contributed by atoms with van der Waals surface area (Å²) in [5.41, 5.74) is 0.953. The first-order chi connectivity index (χ1) is 19.0. The van der Waals surface area contributed by atoms with E-state index in [9.17, 15) is 22.8 Å². The Balaban J connectivity index is 1.10. The van der Waals surface area contributed by atoms with Crippen LogP contribution in [0.5, 0.6) is 0 Å². The van der Waals surface area contributed by atoms with Gasteiger partial charge in [-0.3, -0.25) is 9.69 Å². The fraction of sp³-hybridized carbons (Fsp3) is 0.607. The number of carbonyl (C=O) groups excluding carboxylic acids is 2. The van der Waals surface area contributed by atoms with Crippen LogP contribution in [0, 0.1) is 23.7 Å². The highest BCUT2D eigenvalue weighted by atomic mass is 19.4. The molecule has 4 unspecified atom stereocenters. The SMILES string of the molecule is CNC[C@@H]1C2CC2CN1c1ccc(CN2CC3CN(C(=O)n4cc(N(C)C(C)=O)cn4)CC3C2)c(C(F)(F)F)c1. The molecule has 1 aromatic heterocycles. The number of fused-ring (bicyclic) bond motifs is 2. The Kier molecular flexibility index (Phi) is 6.81. The van der Waals surface area contributed by atoms with Gasteiger partial charge < -0.3 is 20.0 Å². The van der Waals surface area contributed by atoms with Gasteiger partial charge in [-0.1, -0.05) is 6.07 Å². The van der Waals surface area contributed by atoms with E-state index < -0.39 is 11.7 Å². The van der Waals surface area contributed by atoms with Crippen molar-refractivity contribution < 1.29 is 22.8 Å². The average molecular weight is 560 g/mol. The van der Waals surface area contributed by atoms with E-state index in [0.717, 1.165) is 13.1 Å². The van der Waals surface area contributed by atoms with Crippen LogP contribution >= 0.6 is 0 Å². The maximum absolute atomic E-state index is 14.2. The second-order valence-corrected chi connectivity index (χ2v) is 11.9. The number of likely N-dealkylation sites (tertiary alicyclic amines) is 2. The summed E-state index contributed by atoms with van der Waals surface area (Å²) in [6.45, 7) is 5.63. The molecule has 4 aliphatic rings. The largest absolute Gasteiger partial charge is 0.416 e. The summed E-state index contributed by atoms with van der Waals surface area (Å²) in [4.78, 5) is 32.0. The van der Waals surface area contributed by atoms with E-state index in [1.54, 1.807) is 24.2 Å². The van der Waals surface area contributed by atoms with Crippen LogP contribution in [0.25, 0.3) is 0 Å². The molecular formula is C28H36F3N7O2. The number of rotatable bonds is 6.